The standard InChI is InChI=1S/C9H15NO2S/c1-8(7-10)13(11,12)9-5-3-2-4-6-9/h8-9H,2-6H2,1H3. The van der Waals surface area contributed by atoms with Crippen LogP contribution in [-0.4, -0.2) is 18.9 Å². The van der Waals surface area contributed by atoms with Crippen molar-refractivity contribution in [2.75, 3.05) is 0 Å². The first-order chi connectivity index (χ1) is 6.09. The fourth-order valence-electron chi connectivity index (χ4n) is 1.76. The van der Waals surface area contributed by atoms with Gasteiger partial charge in [-0.2, -0.15) is 5.26 Å². The molecule has 0 heterocycles. The van der Waals surface area contributed by atoms with Crippen molar-refractivity contribution in [2.24, 2.45) is 0 Å². The Bertz CT molecular complexity index is 296. The molecule has 0 radical (unpaired) electrons. The van der Waals surface area contributed by atoms with Gasteiger partial charge in [-0.05, 0) is 19.8 Å². The molecule has 0 aliphatic heterocycles. The van der Waals surface area contributed by atoms with Crippen LogP contribution in [0.3, 0.4) is 0 Å². The van der Waals surface area contributed by atoms with Gasteiger partial charge in [0.2, 0.25) is 0 Å². The van der Waals surface area contributed by atoms with Crippen molar-refractivity contribution >= 4 is 9.84 Å². The molecule has 0 amide bonds. The predicted molar refractivity (Wildman–Crippen MR) is 50.9 cm³/mol. The Morgan fingerprint density at radius 1 is 1.31 bits per heavy atom. The zero-order chi connectivity index (χ0) is 9.90. The molecule has 1 saturated carbocycles. The largest absolute Gasteiger partial charge is 0.227 e. The van der Waals surface area contributed by atoms with Crippen LogP contribution in [0, 0.1) is 11.3 Å². The molecule has 3 nitrogen and oxygen atoms in total. The molecule has 1 aliphatic rings. The fraction of sp³-hybridized carbons (Fsp3) is 0.889. The van der Waals surface area contributed by atoms with Gasteiger partial charge in [0.05, 0.1) is 11.3 Å². The zero-order valence-corrected chi connectivity index (χ0v) is 8.68. The van der Waals surface area contributed by atoms with Gasteiger partial charge in [-0.25, -0.2) is 8.42 Å². The van der Waals surface area contributed by atoms with Crippen molar-refractivity contribution in [1.82, 2.24) is 0 Å². The lowest BCUT2D eigenvalue weighted by Crippen LogP contribution is -2.31. The lowest BCUT2D eigenvalue weighted by molar-refractivity contribution is 0.482. The van der Waals surface area contributed by atoms with Gasteiger partial charge in [-0.15, -0.1) is 0 Å². The molecule has 0 aromatic carbocycles. The molecule has 0 bridgehead atoms. The molecule has 1 rings (SSSR count). The molecule has 0 saturated heterocycles. The molecule has 0 aromatic heterocycles. The van der Waals surface area contributed by atoms with E-state index in [0.717, 1.165) is 32.1 Å². The second-order valence-corrected chi connectivity index (χ2v) is 6.17. The smallest absolute Gasteiger partial charge is 0.169 e. The first kappa shape index (κ1) is 10.5. The van der Waals surface area contributed by atoms with Crippen molar-refractivity contribution < 1.29 is 8.42 Å². The average molecular weight is 201 g/mol. The number of rotatable bonds is 2. The first-order valence-electron chi connectivity index (χ1n) is 4.71. The molecule has 1 atom stereocenters. The second-order valence-electron chi connectivity index (χ2n) is 3.62. The molecule has 0 N–H and O–H groups in total. The normalized spacial score (nSPS) is 22.2. The van der Waals surface area contributed by atoms with Crippen molar-refractivity contribution in [3.63, 3.8) is 0 Å². The van der Waals surface area contributed by atoms with Crippen molar-refractivity contribution in [1.29, 1.82) is 5.26 Å². The van der Waals surface area contributed by atoms with Gasteiger partial charge in [0.25, 0.3) is 0 Å². The minimum atomic E-state index is -3.17. The number of nitriles is 1. The van der Waals surface area contributed by atoms with Gasteiger partial charge in [-0.1, -0.05) is 19.3 Å². The SMILES string of the molecule is CC(C#N)S(=O)(=O)C1CCCCC1. The first-order valence-corrected chi connectivity index (χ1v) is 6.32. The van der Waals surface area contributed by atoms with Crippen LogP contribution in [0.4, 0.5) is 0 Å². The van der Waals surface area contributed by atoms with E-state index in [1.165, 1.54) is 6.92 Å². The molecule has 4 heteroatoms. The van der Waals surface area contributed by atoms with Gasteiger partial charge in [-0.3, -0.25) is 0 Å². The Labute approximate surface area is 79.7 Å². The van der Waals surface area contributed by atoms with E-state index in [0.29, 0.717) is 0 Å². The third-order valence-electron chi connectivity index (χ3n) is 2.69. The maximum atomic E-state index is 11.7. The fourth-order valence-corrected chi connectivity index (χ4v) is 3.47. The quantitative estimate of drug-likeness (QED) is 0.682. The van der Waals surface area contributed by atoms with Crippen LogP contribution in [-0.2, 0) is 9.84 Å². The molecule has 1 unspecified atom stereocenters. The summed E-state index contributed by atoms with van der Waals surface area (Å²) in [5.41, 5.74) is 0. The van der Waals surface area contributed by atoms with Crippen LogP contribution in [0.25, 0.3) is 0 Å². The van der Waals surface area contributed by atoms with Gasteiger partial charge in [0.15, 0.2) is 9.84 Å². The van der Waals surface area contributed by atoms with E-state index in [1.807, 2.05) is 6.07 Å². The van der Waals surface area contributed by atoms with E-state index in [9.17, 15) is 8.42 Å². The summed E-state index contributed by atoms with van der Waals surface area (Å²) in [4.78, 5) is 0. The topological polar surface area (TPSA) is 57.9 Å². The third-order valence-corrected chi connectivity index (χ3v) is 5.18. The number of hydrogen-bond donors (Lipinski definition) is 0. The second kappa shape index (κ2) is 4.10. The highest BCUT2D eigenvalue weighted by Crippen LogP contribution is 2.25. The van der Waals surface area contributed by atoms with Crippen LogP contribution in [0.15, 0.2) is 0 Å². The summed E-state index contributed by atoms with van der Waals surface area (Å²) >= 11 is 0. The molecule has 74 valence electrons. The van der Waals surface area contributed by atoms with E-state index in [2.05, 4.69) is 0 Å². The Hall–Kier alpha value is -0.560. The van der Waals surface area contributed by atoms with E-state index >= 15 is 0 Å². The summed E-state index contributed by atoms with van der Waals surface area (Å²) < 4.78 is 23.4. The van der Waals surface area contributed by atoms with Gasteiger partial charge in [0.1, 0.15) is 5.25 Å². The van der Waals surface area contributed by atoms with Crippen LogP contribution < -0.4 is 0 Å². The lowest BCUT2D eigenvalue weighted by atomic mass is 10.0. The molecular formula is C9H15NO2S. The molecule has 13 heavy (non-hydrogen) atoms. The predicted octanol–water partition coefficient (Wildman–Crippen LogP) is 1.65. The lowest BCUT2D eigenvalue weighted by Gasteiger charge is -2.22. The highest BCUT2D eigenvalue weighted by atomic mass is 32.2. The Morgan fingerprint density at radius 2 is 1.85 bits per heavy atom. The van der Waals surface area contributed by atoms with E-state index < -0.39 is 15.1 Å². The average Bonchev–Trinajstić information content (AvgIpc) is 2.18. The summed E-state index contributed by atoms with van der Waals surface area (Å²) in [7, 11) is -3.17. The third kappa shape index (κ3) is 2.22. The zero-order valence-electron chi connectivity index (χ0n) is 7.86. The summed E-state index contributed by atoms with van der Waals surface area (Å²) in [6.07, 6.45) is 4.60. The maximum absolute atomic E-state index is 11.7. The monoisotopic (exact) mass is 201 g/mol. The maximum Gasteiger partial charge on any atom is 0.169 e. The van der Waals surface area contributed by atoms with Gasteiger partial charge < -0.3 is 0 Å². The minimum Gasteiger partial charge on any atom is -0.227 e. The highest BCUT2D eigenvalue weighted by Gasteiger charge is 2.31. The summed E-state index contributed by atoms with van der Waals surface area (Å²) in [5.74, 6) is 0. The van der Waals surface area contributed by atoms with Crippen molar-refractivity contribution in [3.05, 3.63) is 0 Å². The van der Waals surface area contributed by atoms with Crippen LogP contribution >= 0.6 is 0 Å². The van der Waals surface area contributed by atoms with Gasteiger partial charge >= 0.3 is 0 Å². The Morgan fingerprint density at radius 3 is 2.31 bits per heavy atom. The van der Waals surface area contributed by atoms with Crippen molar-refractivity contribution in [3.8, 4) is 6.07 Å². The summed E-state index contributed by atoms with van der Waals surface area (Å²) in [6.45, 7) is 1.48. The van der Waals surface area contributed by atoms with E-state index in [-0.39, 0.29) is 5.25 Å². The number of hydrogen-bond acceptors (Lipinski definition) is 3. The van der Waals surface area contributed by atoms with Crippen LogP contribution in [0.1, 0.15) is 39.0 Å². The molecule has 1 fully saturated rings. The summed E-state index contributed by atoms with van der Waals surface area (Å²) in [5, 5.41) is 7.48. The number of sulfone groups is 1. The number of nitrogens with zero attached hydrogens (tertiary/aromatic N) is 1. The highest BCUT2D eigenvalue weighted by molar-refractivity contribution is 7.92. The van der Waals surface area contributed by atoms with Crippen LogP contribution in [0.2, 0.25) is 0 Å². The van der Waals surface area contributed by atoms with E-state index in [1.54, 1.807) is 0 Å². The van der Waals surface area contributed by atoms with Crippen molar-refractivity contribution in [2.45, 2.75) is 49.5 Å². The van der Waals surface area contributed by atoms with Crippen LogP contribution in [0.5, 0.6) is 0 Å². The summed E-state index contributed by atoms with van der Waals surface area (Å²) in [6, 6.07) is 1.81. The molecule has 1 aliphatic carbocycles. The van der Waals surface area contributed by atoms with Gasteiger partial charge in [0, 0.05) is 0 Å². The molecular weight excluding hydrogens is 186 g/mol. The van der Waals surface area contributed by atoms with E-state index in [4.69, 9.17) is 5.26 Å². The molecule has 0 spiro atoms. The molecule has 0 aromatic rings. The Balaban J connectivity index is 2.75. The minimum absolute atomic E-state index is 0.254. The Kier molecular flexibility index (Phi) is 3.32.